The second-order valence-corrected chi connectivity index (χ2v) is 2.62. The molecule has 0 unspecified atom stereocenters. The number of amides is 1. The predicted octanol–water partition coefficient (Wildman–Crippen LogP) is 1.24. The fourth-order valence-electron chi connectivity index (χ4n) is 1.27. The zero-order chi connectivity index (χ0) is 7.84. The van der Waals surface area contributed by atoms with Gasteiger partial charge in [0.2, 0.25) is 5.91 Å². The van der Waals surface area contributed by atoms with Crippen molar-refractivity contribution in [1.82, 2.24) is 4.98 Å². The molecule has 0 spiro atoms. The number of fused-ring (bicyclic) bond motifs is 1. The molecule has 1 aromatic heterocycles. The Morgan fingerprint density at radius 1 is 1.58 bits per heavy atom. The van der Waals surface area contributed by atoms with Gasteiger partial charge in [0.05, 0.1) is 6.42 Å². The summed E-state index contributed by atoms with van der Waals surface area (Å²) in [5.41, 5.74) is 1.03. The molecule has 0 atom stereocenters. The van der Waals surface area contributed by atoms with Crippen molar-refractivity contribution < 1.29 is 4.79 Å². The van der Waals surface area contributed by atoms with Gasteiger partial charge in [0.15, 0.2) is 0 Å². The molecule has 64 valence electrons. The Labute approximate surface area is 72.0 Å². The number of aromatic nitrogens is 1. The Morgan fingerprint density at radius 2 is 2.33 bits per heavy atom. The van der Waals surface area contributed by atoms with Crippen LogP contribution < -0.4 is 4.90 Å². The molecule has 2 rings (SSSR count). The molecule has 2 heterocycles. The first-order valence-corrected chi connectivity index (χ1v) is 3.49. The molecule has 0 fully saturated rings. The lowest BCUT2D eigenvalue weighted by Gasteiger charge is -2.06. The van der Waals surface area contributed by atoms with Crippen molar-refractivity contribution in [1.29, 1.82) is 0 Å². The summed E-state index contributed by atoms with van der Waals surface area (Å²) in [6.07, 6.45) is 2.20. The van der Waals surface area contributed by atoms with Crippen LogP contribution in [-0.2, 0) is 11.2 Å². The van der Waals surface area contributed by atoms with Crippen LogP contribution in [0.15, 0.2) is 18.3 Å². The fraction of sp³-hybridized carbons (Fsp3) is 0.333. The second kappa shape index (κ2) is 2.93. The second-order valence-electron chi connectivity index (χ2n) is 2.62. The van der Waals surface area contributed by atoms with Gasteiger partial charge in [0.25, 0.3) is 0 Å². The van der Waals surface area contributed by atoms with Crippen molar-refractivity contribution in [2.24, 2.45) is 0 Å². The SMILES string of the molecule is C.CN1C(=O)Cc2cccnc21. The maximum absolute atomic E-state index is 11.1. The van der Waals surface area contributed by atoms with Crippen molar-refractivity contribution in [3.05, 3.63) is 23.9 Å². The van der Waals surface area contributed by atoms with Crippen LogP contribution in [0.4, 0.5) is 5.82 Å². The lowest BCUT2D eigenvalue weighted by atomic mass is 10.2. The highest BCUT2D eigenvalue weighted by Crippen LogP contribution is 2.23. The average Bonchev–Trinajstić information content (AvgIpc) is 2.30. The van der Waals surface area contributed by atoms with Gasteiger partial charge in [-0.2, -0.15) is 0 Å². The topological polar surface area (TPSA) is 33.2 Å². The number of hydrogen-bond acceptors (Lipinski definition) is 2. The van der Waals surface area contributed by atoms with E-state index in [2.05, 4.69) is 4.98 Å². The number of nitrogens with zero attached hydrogens (tertiary/aromatic N) is 2. The molecule has 0 bridgehead atoms. The number of likely N-dealkylation sites (N-methyl/N-ethyl adjacent to an activating group) is 1. The fourth-order valence-corrected chi connectivity index (χ4v) is 1.27. The van der Waals surface area contributed by atoms with Crippen molar-refractivity contribution in [3.8, 4) is 0 Å². The molecular formula is C9H12N2O. The van der Waals surface area contributed by atoms with Crippen LogP contribution in [0.2, 0.25) is 0 Å². The largest absolute Gasteiger partial charge is 0.299 e. The molecule has 3 heteroatoms. The zero-order valence-electron chi connectivity index (χ0n) is 6.24. The monoisotopic (exact) mass is 164 g/mol. The highest BCUT2D eigenvalue weighted by atomic mass is 16.2. The van der Waals surface area contributed by atoms with E-state index in [4.69, 9.17) is 0 Å². The van der Waals surface area contributed by atoms with E-state index in [0.29, 0.717) is 6.42 Å². The maximum atomic E-state index is 11.1. The molecule has 1 aliphatic rings. The molecule has 1 amide bonds. The highest BCUT2D eigenvalue weighted by molar-refractivity contribution is 5.99. The Hall–Kier alpha value is -1.38. The van der Waals surface area contributed by atoms with Gasteiger partial charge in [-0.25, -0.2) is 4.98 Å². The van der Waals surface area contributed by atoms with E-state index in [1.165, 1.54) is 0 Å². The van der Waals surface area contributed by atoms with Crippen LogP contribution in [0.1, 0.15) is 13.0 Å². The molecule has 1 aliphatic heterocycles. The van der Waals surface area contributed by atoms with Crippen LogP contribution in [0.3, 0.4) is 0 Å². The van der Waals surface area contributed by atoms with Crippen molar-refractivity contribution in [2.45, 2.75) is 13.8 Å². The van der Waals surface area contributed by atoms with Crippen molar-refractivity contribution in [3.63, 3.8) is 0 Å². The zero-order valence-corrected chi connectivity index (χ0v) is 6.24. The van der Waals surface area contributed by atoms with Crippen LogP contribution in [0.25, 0.3) is 0 Å². The van der Waals surface area contributed by atoms with Crippen LogP contribution >= 0.6 is 0 Å². The predicted molar refractivity (Wildman–Crippen MR) is 48.1 cm³/mol. The number of pyridine rings is 1. The summed E-state index contributed by atoms with van der Waals surface area (Å²) in [7, 11) is 1.75. The third kappa shape index (κ3) is 1.07. The van der Waals surface area contributed by atoms with E-state index >= 15 is 0 Å². The molecule has 0 N–H and O–H groups in total. The minimum Gasteiger partial charge on any atom is -0.299 e. The normalized spacial score (nSPS) is 14.1. The molecule has 0 saturated carbocycles. The van der Waals surface area contributed by atoms with E-state index in [-0.39, 0.29) is 13.3 Å². The number of rotatable bonds is 0. The third-order valence-corrected chi connectivity index (χ3v) is 1.90. The highest BCUT2D eigenvalue weighted by Gasteiger charge is 2.23. The molecule has 0 radical (unpaired) electrons. The molecule has 3 nitrogen and oxygen atoms in total. The van der Waals surface area contributed by atoms with Gasteiger partial charge >= 0.3 is 0 Å². The van der Waals surface area contributed by atoms with E-state index in [9.17, 15) is 4.79 Å². The van der Waals surface area contributed by atoms with Gasteiger partial charge in [0.1, 0.15) is 5.82 Å². The maximum Gasteiger partial charge on any atom is 0.232 e. The van der Waals surface area contributed by atoms with Gasteiger partial charge in [-0.05, 0) is 6.07 Å². The third-order valence-electron chi connectivity index (χ3n) is 1.90. The summed E-state index contributed by atoms with van der Waals surface area (Å²) in [5, 5.41) is 0. The smallest absolute Gasteiger partial charge is 0.232 e. The molecule has 0 aromatic carbocycles. The van der Waals surface area contributed by atoms with Gasteiger partial charge in [-0.1, -0.05) is 13.5 Å². The summed E-state index contributed by atoms with van der Waals surface area (Å²) in [4.78, 5) is 16.8. The number of hydrogen-bond donors (Lipinski definition) is 0. The summed E-state index contributed by atoms with van der Waals surface area (Å²) < 4.78 is 0. The molecule has 0 aliphatic carbocycles. The quantitative estimate of drug-likeness (QED) is 0.578. The number of carbonyl (C=O) groups excluding carboxylic acids is 1. The molecule has 0 saturated heterocycles. The van der Waals surface area contributed by atoms with E-state index in [0.717, 1.165) is 11.4 Å². The first-order valence-electron chi connectivity index (χ1n) is 3.49. The van der Waals surface area contributed by atoms with Gasteiger partial charge in [-0.3, -0.25) is 9.69 Å². The van der Waals surface area contributed by atoms with Crippen LogP contribution in [0.5, 0.6) is 0 Å². The Bertz CT molecular complexity index is 309. The lowest BCUT2D eigenvalue weighted by molar-refractivity contribution is -0.117. The minimum atomic E-state index is 0. The Morgan fingerprint density at radius 3 is 3.00 bits per heavy atom. The number of anilines is 1. The minimum absolute atomic E-state index is 0. The number of carbonyl (C=O) groups is 1. The summed E-state index contributed by atoms with van der Waals surface area (Å²) in [6, 6.07) is 3.79. The Balaban J connectivity index is 0.000000720. The summed E-state index contributed by atoms with van der Waals surface area (Å²) in [6.45, 7) is 0. The average molecular weight is 164 g/mol. The molecular weight excluding hydrogens is 152 g/mol. The van der Waals surface area contributed by atoms with E-state index in [1.807, 2.05) is 12.1 Å². The molecule has 1 aromatic rings. The standard InChI is InChI=1S/C8H8N2O.CH4/c1-10-7(11)5-6-3-2-4-9-8(6)10;/h2-4H,5H2,1H3;1H4. The van der Waals surface area contributed by atoms with E-state index in [1.54, 1.807) is 18.1 Å². The first kappa shape index (κ1) is 8.71. The van der Waals surface area contributed by atoms with Crippen molar-refractivity contribution in [2.75, 3.05) is 11.9 Å². The van der Waals surface area contributed by atoms with Gasteiger partial charge in [0, 0.05) is 18.8 Å². The van der Waals surface area contributed by atoms with Crippen molar-refractivity contribution >= 4 is 11.7 Å². The molecule has 12 heavy (non-hydrogen) atoms. The van der Waals surface area contributed by atoms with Gasteiger partial charge in [-0.15, -0.1) is 0 Å². The summed E-state index contributed by atoms with van der Waals surface area (Å²) >= 11 is 0. The lowest BCUT2D eigenvalue weighted by Crippen LogP contribution is -2.21. The van der Waals surface area contributed by atoms with Crippen LogP contribution in [-0.4, -0.2) is 17.9 Å². The summed E-state index contributed by atoms with van der Waals surface area (Å²) in [5.74, 6) is 0.927. The van der Waals surface area contributed by atoms with Crippen LogP contribution in [0, 0.1) is 0 Å². The Kier molecular flexibility index (Phi) is 2.13. The van der Waals surface area contributed by atoms with E-state index < -0.39 is 0 Å². The first-order chi connectivity index (χ1) is 5.29. The van der Waals surface area contributed by atoms with Gasteiger partial charge < -0.3 is 0 Å².